The predicted molar refractivity (Wildman–Crippen MR) is 104 cm³/mol. The van der Waals surface area contributed by atoms with Crippen LogP contribution in [-0.4, -0.2) is 14.7 Å². The SMILES string of the molecule is Cl.Oc1ccccc1CNc1ccc2c(c1)ncn2-c1ccccc1. The molecule has 4 nitrogen and oxygen atoms in total. The zero-order valence-electron chi connectivity index (χ0n) is 13.5. The molecule has 2 N–H and O–H groups in total. The fourth-order valence-corrected chi connectivity index (χ4v) is 2.77. The monoisotopic (exact) mass is 351 g/mol. The van der Waals surface area contributed by atoms with Crippen molar-refractivity contribution < 1.29 is 5.11 Å². The molecule has 0 fully saturated rings. The Balaban J connectivity index is 0.00000182. The fourth-order valence-electron chi connectivity index (χ4n) is 2.77. The van der Waals surface area contributed by atoms with Crippen molar-refractivity contribution in [3.8, 4) is 11.4 Å². The van der Waals surface area contributed by atoms with Crippen molar-refractivity contribution in [2.75, 3.05) is 5.32 Å². The van der Waals surface area contributed by atoms with E-state index in [0.717, 1.165) is 28.0 Å². The molecule has 0 aliphatic carbocycles. The number of aromatic nitrogens is 2. The lowest BCUT2D eigenvalue weighted by molar-refractivity contribution is 0.469. The van der Waals surface area contributed by atoms with Crippen LogP contribution in [0.4, 0.5) is 5.69 Å². The number of nitrogens with zero attached hydrogens (tertiary/aromatic N) is 2. The standard InChI is InChI=1S/C20H17N3O.ClH/c24-20-9-5-4-6-15(20)13-21-16-10-11-19-18(12-16)22-14-23(19)17-7-2-1-3-8-17;/h1-12,14,21,24H,13H2;1H. The van der Waals surface area contributed by atoms with E-state index in [1.807, 2.05) is 54.9 Å². The van der Waals surface area contributed by atoms with Gasteiger partial charge in [0.05, 0.1) is 11.0 Å². The summed E-state index contributed by atoms with van der Waals surface area (Å²) in [4.78, 5) is 4.50. The smallest absolute Gasteiger partial charge is 0.120 e. The average Bonchev–Trinajstić information content (AvgIpc) is 3.05. The van der Waals surface area contributed by atoms with Gasteiger partial charge in [0.25, 0.3) is 0 Å². The molecule has 0 spiro atoms. The van der Waals surface area contributed by atoms with Gasteiger partial charge in [-0.05, 0) is 36.4 Å². The van der Waals surface area contributed by atoms with Gasteiger partial charge in [0.1, 0.15) is 12.1 Å². The largest absolute Gasteiger partial charge is 0.508 e. The third kappa shape index (κ3) is 3.44. The number of hydrogen-bond acceptors (Lipinski definition) is 3. The Morgan fingerprint density at radius 1 is 0.920 bits per heavy atom. The summed E-state index contributed by atoms with van der Waals surface area (Å²) in [6, 6.07) is 23.6. The van der Waals surface area contributed by atoms with Crippen molar-refractivity contribution in [3.05, 3.63) is 84.7 Å². The van der Waals surface area contributed by atoms with Crippen LogP contribution >= 0.6 is 12.4 Å². The molecule has 1 aromatic heterocycles. The van der Waals surface area contributed by atoms with Crippen LogP contribution < -0.4 is 5.32 Å². The van der Waals surface area contributed by atoms with Crippen molar-refractivity contribution in [1.82, 2.24) is 9.55 Å². The maximum atomic E-state index is 9.83. The van der Waals surface area contributed by atoms with Crippen molar-refractivity contribution in [2.24, 2.45) is 0 Å². The number of anilines is 1. The number of benzene rings is 3. The zero-order chi connectivity index (χ0) is 16.4. The quantitative estimate of drug-likeness (QED) is 0.557. The van der Waals surface area contributed by atoms with Gasteiger partial charge < -0.3 is 10.4 Å². The lowest BCUT2D eigenvalue weighted by Gasteiger charge is -2.09. The fraction of sp³-hybridized carbons (Fsp3) is 0.0500. The van der Waals surface area contributed by atoms with Gasteiger partial charge in [0.2, 0.25) is 0 Å². The Kier molecular flexibility index (Phi) is 4.91. The molecule has 126 valence electrons. The molecule has 0 bridgehead atoms. The molecule has 3 aromatic carbocycles. The second kappa shape index (κ2) is 7.28. The van der Waals surface area contributed by atoms with E-state index in [9.17, 15) is 5.11 Å². The molecule has 0 aliphatic heterocycles. The Hall–Kier alpha value is -2.98. The maximum absolute atomic E-state index is 9.83. The number of hydrogen-bond donors (Lipinski definition) is 2. The second-order valence-electron chi connectivity index (χ2n) is 5.64. The van der Waals surface area contributed by atoms with Crippen LogP contribution in [0.5, 0.6) is 5.75 Å². The summed E-state index contributed by atoms with van der Waals surface area (Å²) in [6.45, 7) is 0.567. The topological polar surface area (TPSA) is 50.1 Å². The summed E-state index contributed by atoms with van der Waals surface area (Å²) in [7, 11) is 0. The summed E-state index contributed by atoms with van der Waals surface area (Å²) < 4.78 is 2.07. The van der Waals surface area contributed by atoms with E-state index in [1.54, 1.807) is 6.07 Å². The van der Waals surface area contributed by atoms with Crippen LogP contribution in [-0.2, 0) is 6.54 Å². The molecular formula is C20H18ClN3O. The van der Waals surface area contributed by atoms with E-state index in [2.05, 4.69) is 33.1 Å². The van der Waals surface area contributed by atoms with E-state index in [4.69, 9.17) is 0 Å². The first-order valence-electron chi connectivity index (χ1n) is 7.84. The van der Waals surface area contributed by atoms with Crippen molar-refractivity contribution in [2.45, 2.75) is 6.54 Å². The summed E-state index contributed by atoms with van der Waals surface area (Å²) >= 11 is 0. The molecule has 4 aromatic rings. The van der Waals surface area contributed by atoms with E-state index >= 15 is 0 Å². The van der Waals surface area contributed by atoms with Gasteiger partial charge in [-0.25, -0.2) is 4.98 Å². The normalized spacial score (nSPS) is 10.4. The Labute approximate surface area is 152 Å². The predicted octanol–water partition coefficient (Wildman–Crippen LogP) is 4.77. The highest BCUT2D eigenvalue weighted by Gasteiger charge is 2.06. The van der Waals surface area contributed by atoms with Crippen LogP contribution in [0.25, 0.3) is 16.7 Å². The summed E-state index contributed by atoms with van der Waals surface area (Å²) in [5.41, 5.74) is 4.93. The zero-order valence-corrected chi connectivity index (χ0v) is 14.3. The van der Waals surface area contributed by atoms with E-state index in [0.29, 0.717) is 12.3 Å². The van der Waals surface area contributed by atoms with E-state index < -0.39 is 0 Å². The number of rotatable bonds is 4. The lowest BCUT2D eigenvalue weighted by atomic mass is 10.2. The molecule has 0 atom stereocenters. The summed E-state index contributed by atoms with van der Waals surface area (Å²) in [6.07, 6.45) is 1.84. The maximum Gasteiger partial charge on any atom is 0.120 e. The Morgan fingerprint density at radius 2 is 1.68 bits per heavy atom. The Morgan fingerprint density at radius 3 is 2.48 bits per heavy atom. The van der Waals surface area contributed by atoms with Crippen molar-refractivity contribution in [1.29, 1.82) is 0 Å². The molecule has 4 rings (SSSR count). The van der Waals surface area contributed by atoms with Gasteiger partial charge in [-0.2, -0.15) is 0 Å². The van der Waals surface area contributed by atoms with E-state index in [-0.39, 0.29) is 12.4 Å². The molecule has 0 saturated heterocycles. The summed E-state index contributed by atoms with van der Waals surface area (Å²) in [5.74, 6) is 0.305. The number of imidazole rings is 1. The van der Waals surface area contributed by atoms with Crippen LogP contribution in [0.3, 0.4) is 0 Å². The molecule has 0 aliphatic rings. The molecule has 0 amide bonds. The van der Waals surface area contributed by atoms with Crippen molar-refractivity contribution >= 4 is 29.1 Å². The molecular weight excluding hydrogens is 334 g/mol. The van der Waals surface area contributed by atoms with Gasteiger partial charge in [0.15, 0.2) is 0 Å². The Bertz CT molecular complexity index is 983. The number of nitrogens with one attached hydrogen (secondary N) is 1. The highest BCUT2D eigenvalue weighted by atomic mass is 35.5. The second-order valence-corrected chi connectivity index (χ2v) is 5.64. The van der Waals surface area contributed by atoms with Crippen LogP contribution in [0, 0.1) is 0 Å². The minimum Gasteiger partial charge on any atom is -0.508 e. The lowest BCUT2D eigenvalue weighted by Crippen LogP contribution is -1.99. The van der Waals surface area contributed by atoms with Gasteiger partial charge in [-0.15, -0.1) is 12.4 Å². The number of fused-ring (bicyclic) bond motifs is 1. The first-order chi connectivity index (χ1) is 11.8. The molecule has 1 heterocycles. The molecule has 25 heavy (non-hydrogen) atoms. The van der Waals surface area contributed by atoms with Crippen molar-refractivity contribution in [3.63, 3.8) is 0 Å². The van der Waals surface area contributed by atoms with E-state index in [1.165, 1.54) is 0 Å². The number of halogens is 1. The molecule has 0 radical (unpaired) electrons. The van der Waals surface area contributed by atoms with Gasteiger partial charge in [-0.3, -0.25) is 4.57 Å². The molecule has 5 heteroatoms. The number of phenols is 1. The highest BCUT2D eigenvalue weighted by molar-refractivity contribution is 5.85. The first kappa shape index (κ1) is 16.9. The number of phenolic OH excluding ortho intramolecular Hbond substituents is 1. The van der Waals surface area contributed by atoms with Crippen LogP contribution in [0.2, 0.25) is 0 Å². The minimum atomic E-state index is 0. The highest BCUT2D eigenvalue weighted by Crippen LogP contribution is 2.23. The minimum absolute atomic E-state index is 0. The third-order valence-electron chi connectivity index (χ3n) is 4.06. The first-order valence-corrected chi connectivity index (χ1v) is 7.84. The number of aromatic hydroxyl groups is 1. The third-order valence-corrected chi connectivity index (χ3v) is 4.06. The molecule has 0 saturated carbocycles. The van der Waals surface area contributed by atoms with Gasteiger partial charge in [0, 0.05) is 23.5 Å². The summed E-state index contributed by atoms with van der Waals surface area (Å²) in [5, 5.41) is 13.2. The average molecular weight is 352 g/mol. The van der Waals surface area contributed by atoms with Crippen LogP contribution in [0.15, 0.2) is 79.1 Å². The van der Waals surface area contributed by atoms with Gasteiger partial charge in [-0.1, -0.05) is 36.4 Å². The molecule has 0 unspecified atom stereocenters. The van der Waals surface area contributed by atoms with Gasteiger partial charge >= 0.3 is 0 Å². The van der Waals surface area contributed by atoms with Crippen LogP contribution in [0.1, 0.15) is 5.56 Å². The number of para-hydroxylation sites is 2.